The minimum Gasteiger partial charge on any atom is -0.494 e. The largest absolute Gasteiger partial charge is 0.494 e. The zero-order valence-corrected chi connectivity index (χ0v) is 12.2. The van der Waals surface area contributed by atoms with Crippen molar-refractivity contribution in [2.24, 2.45) is 0 Å². The fourth-order valence-corrected chi connectivity index (χ4v) is 2.58. The SMILES string of the molecule is COC(=O)[C@H]1CCCN1CCCOc1ccc(C#N)cc1. The lowest BCUT2D eigenvalue weighted by Crippen LogP contribution is -2.37. The van der Waals surface area contributed by atoms with E-state index in [1.54, 1.807) is 24.3 Å². The van der Waals surface area contributed by atoms with Crippen molar-refractivity contribution in [1.29, 1.82) is 5.26 Å². The normalized spacial score (nSPS) is 18.2. The maximum absolute atomic E-state index is 11.6. The van der Waals surface area contributed by atoms with Crippen LogP contribution >= 0.6 is 0 Å². The van der Waals surface area contributed by atoms with Gasteiger partial charge in [0, 0.05) is 6.54 Å². The second kappa shape index (κ2) is 7.65. The van der Waals surface area contributed by atoms with E-state index < -0.39 is 0 Å². The van der Waals surface area contributed by atoms with Crippen LogP contribution in [0, 0.1) is 11.3 Å². The maximum atomic E-state index is 11.6. The Bertz CT molecular complexity index is 507. The molecule has 5 nitrogen and oxygen atoms in total. The second-order valence-corrected chi connectivity index (χ2v) is 5.06. The molecule has 1 aromatic rings. The van der Waals surface area contributed by atoms with Gasteiger partial charge in [-0.2, -0.15) is 5.26 Å². The van der Waals surface area contributed by atoms with Crippen molar-refractivity contribution in [3.05, 3.63) is 29.8 Å². The molecule has 0 bridgehead atoms. The lowest BCUT2D eigenvalue weighted by Gasteiger charge is -2.22. The Morgan fingerprint density at radius 3 is 2.86 bits per heavy atom. The molecule has 5 heteroatoms. The van der Waals surface area contributed by atoms with E-state index in [0.29, 0.717) is 12.2 Å². The molecule has 0 amide bonds. The number of rotatable bonds is 6. The minimum atomic E-state index is -0.138. The van der Waals surface area contributed by atoms with Crippen molar-refractivity contribution in [3.8, 4) is 11.8 Å². The standard InChI is InChI=1S/C16H20N2O3/c1-20-16(19)15-4-2-9-18(15)10-3-11-21-14-7-5-13(12-17)6-8-14/h5-8,15H,2-4,9-11H2,1H3/t15-/m1/s1. The smallest absolute Gasteiger partial charge is 0.323 e. The number of hydrogen-bond acceptors (Lipinski definition) is 5. The molecule has 0 N–H and O–H groups in total. The first kappa shape index (κ1) is 15.3. The van der Waals surface area contributed by atoms with E-state index in [-0.39, 0.29) is 12.0 Å². The first-order chi connectivity index (χ1) is 10.2. The number of carbonyl (C=O) groups excluding carboxylic acids is 1. The molecule has 1 heterocycles. The zero-order valence-electron chi connectivity index (χ0n) is 12.2. The molecule has 0 aliphatic carbocycles. The van der Waals surface area contributed by atoms with Crippen LogP contribution in [0.25, 0.3) is 0 Å². The van der Waals surface area contributed by atoms with E-state index in [1.165, 1.54) is 7.11 Å². The molecule has 21 heavy (non-hydrogen) atoms. The van der Waals surface area contributed by atoms with E-state index in [1.807, 2.05) is 0 Å². The van der Waals surface area contributed by atoms with E-state index in [4.69, 9.17) is 14.7 Å². The summed E-state index contributed by atoms with van der Waals surface area (Å²) in [5.41, 5.74) is 0.625. The van der Waals surface area contributed by atoms with Gasteiger partial charge in [-0.25, -0.2) is 0 Å². The van der Waals surface area contributed by atoms with Gasteiger partial charge >= 0.3 is 5.97 Å². The van der Waals surface area contributed by atoms with E-state index in [9.17, 15) is 4.79 Å². The van der Waals surface area contributed by atoms with Crippen LogP contribution in [0.3, 0.4) is 0 Å². The molecule has 0 unspecified atom stereocenters. The van der Waals surface area contributed by atoms with Crippen molar-refractivity contribution in [3.63, 3.8) is 0 Å². The summed E-state index contributed by atoms with van der Waals surface area (Å²) in [5.74, 6) is 0.625. The molecule has 1 saturated heterocycles. The molecule has 112 valence electrons. The van der Waals surface area contributed by atoms with Crippen LogP contribution < -0.4 is 4.74 Å². The number of nitriles is 1. The molecule has 1 atom stereocenters. The summed E-state index contributed by atoms with van der Waals surface area (Å²) in [5, 5.41) is 8.72. The fourth-order valence-electron chi connectivity index (χ4n) is 2.58. The molecule has 1 aromatic carbocycles. The number of benzene rings is 1. The fraction of sp³-hybridized carbons (Fsp3) is 0.500. The monoisotopic (exact) mass is 288 g/mol. The van der Waals surface area contributed by atoms with Crippen molar-refractivity contribution in [2.75, 3.05) is 26.8 Å². The summed E-state index contributed by atoms with van der Waals surface area (Å²) >= 11 is 0. The number of ether oxygens (including phenoxy) is 2. The van der Waals surface area contributed by atoms with Gasteiger partial charge in [0.1, 0.15) is 11.8 Å². The van der Waals surface area contributed by atoms with Gasteiger partial charge in [-0.1, -0.05) is 0 Å². The van der Waals surface area contributed by atoms with Gasteiger partial charge in [-0.15, -0.1) is 0 Å². The Hall–Kier alpha value is -2.06. The summed E-state index contributed by atoms with van der Waals surface area (Å²) in [6.45, 7) is 2.36. The topological polar surface area (TPSA) is 62.6 Å². The number of hydrogen-bond donors (Lipinski definition) is 0. The number of likely N-dealkylation sites (tertiary alicyclic amines) is 1. The molecular weight excluding hydrogens is 268 g/mol. The predicted octanol–water partition coefficient (Wildman–Crippen LogP) is 1.96. The van der Waals surface area contributed by atoms with Crippen molar-refractivity contribution in [1.82, 2.24) is 4.90 Å². The lowest BCUT2D eigenvalue weighted by atomic mass is 10.2. The molecule has 0 saturated carbocycles. The Morgan fingerprint density at radius 2 is 2.19 bits per heavy atom. The van der Waals surface area contributed by atoms with Crippen LogP contribution in [0.2, 0.25) is 0 Å². The molecule has 1 aliphatic rings. The summed E-state index contributed by atoms with van der Waals surface area (Å²) in [6, 6.07) is 9.05. The number of carbonyl (C=O) groups is 1. The van der Waals surface area contributed by atoms with Gasteiger partial charge in [0.25, 0.3) is 0 Å². The molecule has 0 spiro atoms. The predicted molar refractivity (Wildman–Crippen MR) is 77.9 cm³/mol. The van der Waals surface area contributed by atoms with E-state index in [2.05, 4.69) is 11.0 Å². The highest BCUT2D eigenvalue weighted by Gasteiger charge is 2.30. The molecule has 1 aliphatic heterocycles. The van der Waals surface area contributed by atoms with Gasteiger partial charge in [0.15, 0.2) is 0 Å². The third kappa shape index (κ3) is 4.20. The van der Waals surface area contributed by atoms with Crippen LogP contribution in [0.4, 0.5) is 0 Å². The van der Waals surface area contributed by atoms with Crippen LogP contribution in [0.15, 0.2) is 24.3 Å². The third-order valence-electron chi connectivity index (χ3n) is 3.68. The van der Waals surface area contributed by atoms with Gasteiger partial charge in [-0.05, 0) is 50.1 Å². The van der Waals surface area contributed by atoms with Gasteiger partial charge in [0.2, 0.25) is 0 Å². The second-order valence-electron chi connectivity index (χ2n) is 5.06. The Morgan fingerprint density at radius 1 is 1.43 bits per heavy atom. The first-order valence-corrected chi connectivity index (χ1v) is 7.19. The van der Waals surface area contributed by atoms with Gasteiger partial charge in [0.05, 0.1) is 25.3 Å². The molecule has 2 rings (SSSR count). The Labute approximate surface area is 125 Å². The first-order valence-electron chi connectivity index (χ1n) is 7.19. The highest BCUT2D eigenvalue weighted by molar-refractivity contribution is 5.75. The van der Waals surface area contributed by atoms with Gasteiger partial charge < -0.3 is 9.47 Å². The van der Waals surface area contributed by atoms with E-state index >= 15 is 0 Å². The summed E-state index contributed by atoms with van der Waals surface area (Å²) in [6.07, 6.45) is 2.77. The number of esters is 1. The summed E-state index contributed by atoms with van der Waals surface area (Å²) < 4.78 is 10.5. The van der Waals surface area contributed by atoms with Crippen molar-refractivity contribution < 1.29 is 14.3 Å². The van der Waals surface area contributed by atoms with Crippen molar-refractivity contribution in [2.45, 2.75) is 25.3 Å². The zero-order chi connectivity index (χ0) is 15.1. The highest BCUT2D eigenvalue weighted by atomic mass is 16.5. The van der Waals surface area contributed by atoms with Gasteiger partial charge in [-0.3, -0.25) is 9.69 Å². The minimum absolute atomic E-state index is 0.0927. The summed E-state index contributed by atoms with van der Waals surface area (Å²) in [7, 11) is 1.44. The lowest BCUT2D eigenvalue weighted by molar-refractivity contribution is -0.145. The van der Waals surface area contributed by atoms with Crippen LogP contribution in [0.5, 0.6) is 5.75 Å². The highest BCUT2D eigenvalue weighted by Crippen LogP contribution is 2.18. The average Bonchev–Trinajstić information content (AvgIpc) is 3.00. The quantitative estimate of drug-likeness (QED) is 0.591. The number of nitrogens with zero attached hydrogens (tertiary/aromatic N) is 2. The van der Waals surface area contributed by atoms with Crippen LogP contribution in [-0.2, 0) is 9.53 Å². The summed E-state index contributed by atoms with van der Waals surface area (Å²) in [4.78, 5) is 13.8. The maximum Gasteiger partial charge on any atom is 0.323 e. The Balaban J connectivity index is 1.71. The van der Waals surface area contributed by atoms with Crippen LogP contribution in [-0.4, -0.2) is 43.7 Å². The number of methoxy groups -OCH3 is 1. The molecule has 1 fully saturated rings. The van der Waals surface area contributed by atoms with E-state index in [0.717, 1.165) is 38.1 Å². The Kier molecular flexibility index (Phi) is 5.59. The molecular formula is C16H20N2O3. The average molecular weight is 288 g/mol. The van der Waals surface area contributed by atoms with Crippen LogP contribution in [0.1, 0.15) is 24.8 Å². The van der Waals surface area contributed by atoms with Crippen molar-refractivity contribution >= 4 is 5.97 Å². The molecule has 0 radical (unpaired) electrons. The molecule has 0 aromatic heterocycles. The third-order valence-corrected chi connectivity index (χ3v) is 3.68.